The number of halogens is 2. The molecule has 0 atom stereocenters. The second kappa shape index (κ2) is 3.70. The fourth-order valence-electron chi connectivity index (χ4n) is 0.826. The minimum Gasteiger partial charge on any atom is -0.478 e. The Labute approximate surface area is 86.9 Å². The van der Waals surface area contributed by atoms with Crippen molar-refractivity contribution in [3.05, 3.63) is 32.6 Å². The van der Waals surface area contributed by atoms with Crippen molar-refractivity contribution in [1.29, 1.82) is 5.26 Å². The van der Waals surface area contributed by atoms with Crippen LogP contribution in [0.5, 0.6) is 0 Å². The zero-order valence-electron chi connectivity index (χ0n) is 6.21. The number of carboxylic acid groups (broad SMARTS) is 1. The van der Waals surface area contributed by atoms with E-state index in [1.807, 2.05) is 22.6 Å². The van der Waals surface area contributed by atoms with Gasteiger partial charge in [0.25, 0.3) is 0 Å². The van der Waals surface area contributed by atoms with Gasteiger partial charge in [0.2, 0.25) is 0 Å². The van der Waals surface area contributed by atoms with Gasteiger partial charge in [0.05, 0.1) is 11.1 Å². The van der Waals surface area contributed by atoms with E-state index in [9.17, 15) is 9.18 Å². The monoisotopic (exact) mass is 291 g/mol. The van der Waals surface area contributed by atoms with Crippen LogP contribution in [0.2, 0.25) is 0 Å². The lowest BCUT2D eigenvalue weighted by atomic mass is 10.1. The molecule has 3 nitrogen and oxygen atoms in total. The Bertz CT molecular complexity index is 411. The molecule has 0 aliphatic carbocycles. The lowest BCUT2D eigenvalue weighted by molar-refractivity contribution is 0.0691. The van der Waals surface area contributed by atoms with Crippen LogP contribution in [0.1, 0.15) is 15.9 Å². The Morgan fingerprint density at radius 2 is 2.23 bits per heavy atom. The molecule has 5 heteroatoms. The van der Waals surface area contributed by atoms with E-state index >= 15 is 0 Å². The first-order valence-corrected chi connectivity index (χ1v) is 4.26. The number of carboxylic acids is 1. The molecule has 0 aliphatic rings. The molecule has 1 aromatic rings. The fourth-order valence-corrected chi connectivity index (χ4v) is 1.45. The number of benzene rings is 1. The first-order valence-electron chi connectivity index (χ1n) is 3.18. The highest BCUT2D eigenvalue weighted by atomic mass is 127. The van der Waals surface area contributed by atoms with Gasteiger partial charge < -0.3 is 5.11 Å². The summed E-state index contributed by atoms with van der Waals surface area (Å²) >= 11 is 1.82. The summed E-state index contributed by atoms with van der Waals surface area (Å²) in [7, 11) is 0. The van der Waals surface area contributed by atoms with E-state index < -0.39 is 17.3 Å². The van der Waals surface area contributed by atoms with Gasteiger partial charge in [-0.3, -0.25) is 0 Å². The van der Waals surface area contributed by atoms with Gasteiger partial charge in [-0.15, -0.1) is 0 Å². The minimum absolute atomic E-state index is 0.246. The second-order valence-electron chi connectivity index (χ2n) is 2.23. The number of hydrogen-bond acceptors (Lipinski definition) is 2. The Morgan fingerprint density at radius 1 is 1.62 bits per heavy atom. The van der Waals surface area contributed by atoms with Gasteiger partial charge in [0, 0.05) is 3.57 Å². The predicted molar refractivity (Wildman–Crippen MR) is 50.8 cm³/mol. The van der Waals surface area contributed by atoms with E-state index in [4.69, 9.17) is 10.4 Å². The molecule has 0 saturated carbocycles. The molecule has 0 heterocycles. The highest BCUT2D eigenvalue weighted by Crippen LogP contribution is 2.17. The average molecular weight is 291 g/mol. The summed E-state index contributed by atoms with van der Waals surface area (Å²) in [5.74, 6) is -2.34. The molecule has 1 rings (SSSR count). The summed E-state index contributed by atoms with van der Waals surface area (Å²) in [5, 5.41) is 17.0. The molecule has 66 valence electrons. The summed E-state index contributed by atoms with van der Waals surface area (Å²) in [6.45, 7) is 0. The molecule has 0 aromatic heterocycles. The standard InChI is InChI=1S/C8H3FINO2/c9-7-4(3-11)1-5(10)2-6(7)8(12)13/h1-2H,(H,12,13). The van der Waals surface area contributed by atoms with Crippen molar-refractivity contribution in [3.63, 3.8) is 0 Å². The van der Waals surface area contributed by atoms with Crippen LogP contribution in [0.25, 0.3) is 0 Å². The zero-order chi connectivity index (χ0) is 10.0. The molecular weight excluding hydrogens is 288 g/mol. The highest BCUT2D eigenvalue weighted by Gasteiger charge is 2.15. The molecule has 0 aliphatic heterocycles. The molecular formula is C8H3FINO2. The largest absolute Gasteiger partial charge is 0.478 e. The third-order valence-corrected chi connectivity index (χ3v) is 2.01. The summed E-state index contributed by atoms with van der Waals surface area (Å²) < 4.78 is 13.6. The molecule has 0 spiro atoms. The third-order valence-electron chi connectivity index (χ3n) is 1.39. The van der Waals surface area contributed by atoms with E-state index in [2.05, 4.69) is 0 Å². The quantitative estimate of drug-likeness (QED) is 0.805. The van der Waals surface area contributed by atoms with Crippen LogP contribution in [0, 0.1) is 20.7 Å². The number of nitriles is 1. The molecule has 0 fully saturated rings. The van der Waals surface area contributed by atoms with Crippen LogP contribution in [-0.4, -0.2) is 11.1 Å². The maximum absolute atomic E-state index is 13.1. The van der Waals surface area contributed by atoms with Crippen molar-refractivity contribution in [2.75, 3.05) is 0 Å². The van der Waals surface area contributed by atoms with Gasteiger partial charge in [-0.05, 0) is 34.7 Å². The Balaban J connectivity index is 3.47. The van der Waals surface area contributed by atoms with Crippen LogP contribution in [0.15, 0.2) is 12.1 Å². The molecule has 13 heavy (non-hydrogen) atoms. The number of carbonyl (C=O) groups is 1. The van der Waals surface area contributed by atoms with Crippen molar-refractivity contribution in [3.8, 4) is 6.07 Å². The summed E-state index contributed by atoms with van der Waals surface area (Å²) in [6, 6.07) is 4.06. The first-order chi connectivity index (χ1) is 6.06. The Hall–Kier alpha value is -1.16. The van der Waals surface area contributed by atoms with Gasteiger partial charge in [0.15, 0.2) is 5.82 Å². The molecule has 0 bridgehead atoms. The van der Waals surface area contributed by atoms with E-state index in [0.717, 1.165) is 0 Å². The first kappa shape index (κ1) is 9.92. The van der Waals surface area contributed by atoms with Gasteiger partial charge >= 0.3 is 5.97 Å². The van der Waals surface area contributed by atoms with E-state index in [1.165, 1.54) is 12.1 Å². The van der Waals surface area contributed by atoms with Gasteiger partial charge in [-0.2, -0.15) is 5.26 Å². The molecule has 0 unspecified atom stereocenters. The summed E-state index contributed by atoms with van der Waals surface area (Å²) in [6.07, 6.45) is 0. The molecule has 0 amide bonds. The van der Waals surface area contributed by atoms with Gasteiger partial charge in [0.1, 0.15) is 6.07 Å². The van der Waals surface area contributed by atoms with Crippen LogP contribution in [0.4, 0.5) is 4.39 Å². The van der Waals surface area contributed by atoms with E-state index in [1.54, 1.807) is 6.07 Å². The lowest BCUT2D eigenvalue weighted by Gasteiger charge is -1.99. The Kier molecular flexibility index (Phi) is 2.83. The van der Waals surface area contributed by atoms with Crippen molar-refractivity contribution >= 4 is 28.6 Å². The zero-order valence-corrected chi connectivity index (χ0v) is 8.37. The van der Waals surface area contributed by atoms with Crippen LogP contribution < -0.4 is 0 Å². The van der Waals surface area contributed by atoms with Crippen molar-refractivity contribution < 1.29 is 14.3 Å². The molecule has 0 saturated heterocycles. The Morgan fingerprint density at radius 3 is 2.69 bits per heavy atom. The third kappa shape index (κ3) is 1.95. The lowest BCUT2D eigenvalue weighted by Crippen LogP contribution is -2.03. The molecule has 0 radical (unpaired) electrons. The van der Waals surface area contributed by atoms with Crippen molar-refractivity contribution in [2.24, 2.45) is 0 Å². The average Bonchev–Trinajstić information content (AvgIpc) is 2.08. The SMILES string of the molecule is N#Cc1cc(I)cc(C(=O)O)c1F. The van der Waals surface area contributed by atoms with Crippen LogP contribution in [0.3, 0.4) is 0 Å². The maximum Gasteiger partial charge on any atom is 0.338 e. The highest BCUT2D eigenvalue weighted by molar-refractivity contribution is 14.1. The minimum atomic E-state index is -1.37. The van der Waals surface area contributed by atoms with Crippen LogP contribution >= 0.6 is 22.6 Å². The maximum atomic E-state index is 13.1. The predicted octanol–water partition coefficient (Wildman–Crippen LogP) is 2.00. The fraction of sp³-hybridized carbons (Fsp3) is 0. The van der Waals surface area contributed by atoms with Crippen molar-refractivity contribution in [1.82, 2.24) is 0 Å². The number of nitrogens with zero attached hydrogens (tertiary/aromatic N) is 1. The van der Waals surface area contributed by atoms with E-state index in [-0.39, 0.29) is 5.56 Å². The van der Waals surface area contributed by atoms with Gasteiger partial charge in [-0.1, -0.05) is 0 Å². The molecule has 1 N–H and O–H groups in total. The van der Waals surface area contributed by atoms with Crippen molar-refractivity contribution in [2.45, 2.75) is 0 Å². The normalized spacial score (nSPS) is 9.31. The number of hydrogen-bond donors (Lipinski definition) is 1. The smallest absolute Gasteiger partial charge is 0.338 e. The van der Waals surface area contributed by atoms with E-state index in [0.29, 0.717) is 3.57 Å². The number of rotatable bonds is 1. The van der Waals surface area contributed by atoms with Gasteiger partial charge in [-0.25, -0.2) is 9.18 Å². The topological polar surface area (TPSA) is 61.1 Å². The van der Waals surface area contributed by atoms with Crippen LogP contribution in [-0.2, 0) is 0 Å². The summed E-state index contributed by atoms with van der Waals surface area (Å²) in [4.78, 5) is 10.5. The molecule has 1 aromatic carbocycles. The second-order valence-corrected chi connectivity index (χ2v) is 3.48. The summed E-state index contributed by atoms with van der Waals surface area (Å²) in [5.41, 5.74) is -0.715. The number of aromatic carboxylic acids is 1.